The molecule has 0 aromatic carbocycles. The van der Waals surface area contributed by atoms with Crippen LogP contribution >= 0.6 is 0 Å². The summed E-state index contributed by atoms with van der Waals surface area (Å²) in [4.78, 5) is 18.6. The Bertz CT molecular complexity index is 452. The van der Waals surface area contributed by atoms with E-state index in [1.165, 1.54) is 0 Å². The minimum Gasteiger partial charge on any atom is -0.396 e. The number of rotatable bonds is 6. The van der Waals surface area contributed by atoms with Crippen molar-refractivity contribution in [2.75, 3.05) is 18.1 Å². The summed E-state index contributed by atoms with van der Waals surface area (Å²) in [5.41, 5.74) is -0.00774. The van der Waals surface area contributed by atoms with Crippen LogP contribution in [0.5, 0.6) is 0 Å². The van der Waals surface area contributed by atoms with Crippen molar-refractivity contribution in [1.82, 2.24) is 9.55 Å². The summed E-state index contributed by atoms with van der Waals surface area (Å²) in [7, 11) is 0. The van der Waals surface area contributed by atoms with Crippen LogP contribution in [0.25, 0.3) is 0 Å². The lowest BCUT2D eigenvalue weighted by atomic mass is 10.3. The van der Waals surface area contributed by atoms with Gasteiger partial charge < -0.3 is 14.6 Å². The molecule has 0 unspecified atom stereocenters. The van der Waals surface area contributed by atoms with E-state index >= 15 is 0 Å². The number of aliphatic hydroxyl groups is 1. The predicted molar refractivity (Wildman–Crippen MR) is 71.0 cm³/mol. The van der Waals surface area contributed by atoms with Gasteiger partial charge in [-0.3, -0.25) is 4.79 Å². The molecule has 1 aliphatic carbocycles. The minimum atomic E-state index is -0.00774. The summed E-state index contributed by atoms with van der Waals surface area (Å²) in [6, 6.07) is 0.568. The Labute approximate surface area is 107 Å². The second-order valence-electron chi connectivity index (χ2n) is 5.06. The molecule has 18 heavy (non-hydrogen) atoms. The van der Waals surface area contributed by atoms with Crippen LogP contribution in [0.2, 0.25) is 0 Å². The van der Waals surface area contributed by atoms with Gasteiger partial charge in [0.25, 0.3) is 5.56 Å². The van der Waals surface area contributed by atoms with Gasteiger partial charge in [0.2, 0.25) is 0 Å². The highest BCUT2D eigenvalue weighted by atomic mass is 16.3. The van der Waals surface area contributed by atoms with Crippen LogP contribution in [0.4, 0.5) is 5.82 Å². The fourth-order valence-corrected chi connectivity index (χ4v) is 2.10. The number of nitrogens with zero attached hydrogens (tertiary/aromatic N) is 3. The van der Waals surface area contributed by atoms with Crippen molar-refractivity contribution in [3.63, 3.8) is 0 Å². The van der Waals surface area contributed by atoms with Gasteiger partial charge in [-0.25, -0.2) is 4.98 Å². The fourth-order valence-electron chi connectivity index (χ4n) is 2.10. The fraction of sp³-hybridized carbons (Fsp3) is 0.692. The smallest absolute Gasteiger partial charge is 0.293 e. The maximum absolute atomic E-state index is 12.4. The van der Waals surface area contributed by atoms with Gasteiger partial charge in [0.05, 0.1) is 0 Å². The molecule has 0 radical (unpaired) electrons. The predicted octanol–water partition coefficient (Wildman–Crippen LogP) is 1.18. The molecule has 5 heteroatoms. The Hall–Kier alpha value is -1.36. The Morgan fingerprint density at radius 2 is 2.28 bits per heavy atom. The van der Waals surface area contributed by atoms with Gasteiger partial charge in [-0.2, -0.15) is 0 Å². The standard InChI is InChI=1S/C13H21N3O2/c1-10(2)15(7-3-9-17)12-13(18)16(8-6-14-12)11-4-5-11/h6,8,10-11,17H,3-5,7,9H2,1-2H3. The van der Waals surface area contributed by atoms with Crippen LogP contribution in [0.1, 0.15) is 39.2 Å². The summed E-state index contributed by atoms with van der Waals surface area (Å²) < 4.78 is 1.79. The highest BCUT2D eigenvalue weighted by molar-refractivity contribution is 5.37. The molecule has 0 spiro atoms. The van der Waals surface area contributed by atoms with Gasteiger partial charge in [-0.1, -0.05) is 0 Å². The topological polar surface area (TPSA) is 58.4 Å². The molecule has 1 aromatic heterocycles. The molecule has 0 atom stereocenters. The van der Waals surface area contributed by atoms with Crippen molar-refractivity contribution in [1.29, 1.82) is 0 Å². The Morgan fingerprint density at radius 1 is 1.56 bits per heavy atom. The average Bonchev–Trinajstić information content (AvgIpc) is 3.15. The SMILES string of the molecule is CC(C)N(CCCO)c1nccn(C2CC2)c1=O. The Kier molecular flexibility index (Phi) is 4.01. The quantitative estimate of drug-likeness (QED) is 0.824. The number of hydrogen-bond donors (Lipinski definition) is 1. The molecular weight excluding hydrogens is 230 g/mol. The highest BCUT2D eigenvalue weighted by Crippen LogP contribution is 2.33. The molecule has 0 bridgehead atoms. The van der Waals surface area contributed by atoms with E-state index in [4.69, 9.17) is 5.11 Å². The van der Waals surface area contributed by atoms with Crippen LogP contribution < -0.4 is 10.5 Å². The van der Waals surface area contributed by atoms with E-state index in [0.717, 1.165) is 12.8 Å². The largest absolute Gasteiger partial charge is 0.396 e. The van der Waals surface area contributed by atoms with E-state index in [1.807, 2.05) is 18.7 Å². The maximum Gasteiger partial charge on any atom is 0.293 e. The average molecular weight is 251 g/mol. The molecular formula is C13H21N3O2. The van der Waals surface area contributed by atoms with E-state index < -0.39 is 0 Å². The first-order valence-electron chi connectivity index (χ1n) is 6.59. The lowest BCUT2D eigenvalue weighted by Gasteiger charge is -2.27. The third kappa shape index (κ3) is 2.72. The summed E-state index contributed by atoms with van der Waals surface area (Å²) in [5.74, 6) is 0.507. The summed E-state index contributed by atoms with van der Waals surface area (Å²) in [6.07, 6.45) is 6.29. The number of hydrogen-bond acceptors (Lipinski definition) is 4. The Balaban J connectivity index is 2.29. The molecule has 1 saturated carbocycles. The second kappa shape index (κ2) is 5.52. The van der Waals surface area contributed by atoms with Gasteiger partial charge in [-0.15, -0.1) is 0 Å². The molecule has 5 nitrogen and oxygen atoms in total. The van der Waals surface area contributed by atoms with Crippen molar-refractivity contribution < 1.29 is 5.11 Å². The van der Waals surface area contributed by atoms with Gasteiger partial charge in [-0.05, 0) is 33.1 Å². The first kappa shape index (κ1) is 13.1. The zero-order valence-corrected chi connectivity index (χ0v) is 11.0. The van der Waals surface area contributed by atoms with E-state index in [9.17, 15) is 4.79 Å². The first-order valence-corrected chi connectivity index (χ1v) is 6.59. The molecule has 1 N–H and O–H groups in total. The molecule has 1 aliphatic rings. The molecule has 2 rings (SSSR count). The zero-order valence-electron chi connectivity index (χ0n) is 11.0. The van der Waals surface area contributed by atoms with Crippen LogP contribution in [-0.2, 0) is 0 Å². The second-order valence-corrected chi connectivity index (χ2v) is 5.06. The normalized spacial score (nSPS) is 15.1. The van der Waals surface area contributed by atoms with Gasteiger partial charge in [0.15, 0.2) is 5.82 Å². The molecule has 0 saturated heterocycles. The highest BCUT2D eigenvalue weighted by Gasteiger charge is 2.26. The summed E-state index contributed by atoms with van der Waals surface area (Å²) in [6.45, 7) is 4.86. The van der Waals surface area contributed by atoms with E-state index in [0.29, 0.717) is 24.8 Å². The van der Waals surface area contributed by atoms with Crippen LogP contribution in [0, 0.1) is 0 Å². The zero-order chi connectivity index (χ0) is 13.1. The minimum absolute atomic E-state index is 0.00774. The Morgan fingerprint density at radius 3 is 2.83 bits per heavy atom. The lowest BCUT2D eigenvalue weighted by Crippen LogP contribution is -2.38. The molecule has 0 amide bonds. The third-order valence-corrected chi connectivity index (χ3v) is 3.24. The monoisotopic (exact) mass is 251 g/mol. The molecule has 1 heterocycles. The van der Waals surface area contributed by atoms with E-state index in [1.54, 1.807) is 17.0 Å². The van der Waals surface area contributed by atoms with Crippen LogP contribution in [0.3, 0.4) is 0 Å². The lowest BCUT2D eigenvalue weighted by molar-refractivity contribution is 0.288. The third-order valence-electron chi connectivity index (χ3n) is 3.24. The van der Waals surface area contributed by atoms with Crippen LogP contribution in [-0.4, -0.2) is 33.9 Å². The number of anilines is 1. The van der Waals surface area contributed by atoms with Crippen molar-refractivity contribution in [2.24, 2.45) is 0 Å². The summed E-state index contributed by atoms with van der Waals surface area (Å²) >= 11 is 0. The van der Waals surface area contributed by atoms with Gasteiger partial charge in [0.1, 0.15) is 0 Å². The molecule has 0 aliphatic heterocycles. The van der Waals surface area contributed by atoms with Crippen molar-refractivity contribution in [3.05, 3.63) is 22.7 Å². The van der Waals surface area contributed by atoms with Gasteiger partial charge >= 0.3 is 0 Å². The van der Waals surface area contributed by atoms with Crippen LogP contribution in [0.15, 0.2) is 17.2 Å². The maximum atomic E-state index is 12.4. The number of aromatic nitrogens is 2. The molecule has 100 valence electrons. The van der Waals surface area contributed by atoms with Gasteiger partial charge in [0, 0.05) is 37.6 Å². The van der Waals surface area contributed by atoms with Crippen molar-refractivity contribution in [2.45, 2.75) is 45.2 Å². The summed E-state index contributed by atoms with van der Waals surface area (Å²) in [5, 5.41) is 8.94. The first-order chi connectivity index (χ1) is 8.65. The molecule has 1 aromatic rings. The van der Waals surface area contributed by atoms with E-state index in [2.05, 4.69) is 4.98 Å². The van der Waals surface area contributed by atoms with Crippen molar-refractivity contribution >= 4 is 5.82 Å². The number of aliphatic hydroxyl groups excluding tert-OH is 1. The van der Waals surface area contributed by atoms with E-state index in [-0.39, 0.29) is 18.2 Å². The van der Waals surface area contributed by atoms with Crippen molar-refractivity contribution in [3.8, 4) is 0 Å². The molecule has 1 fully saturated rings.